The van der Waals surface area contributed by atoms with E-state index in [1.807, 2.05) is 0 Å². The van der Waals surface area contributed by atoms with E-state index in [9.17, 15) is 10.1 Å². The zero-order valence-electron chi connectivity index (χ0n) is 20.4. The van der Waals surface area contributed by atoms with Crippen molar-refractivity contribution in [3.8, 4) is 11.5 Å². The molecule has 5 nitrogen and oxygen atoms in total. The average molecular weight is 436 g/mol. The molecule has 0 aliphatic carbocycles. The van der Waals surface area contributed by atoms with E-state index in [1.165, 1.54) is 103 Å². The number of benzene rings is 1. The van der Waals surface area contributed by atoms with Crippen LogP contribution in [0.2, 0.25) is 0 Å². The van der Waals surface area contributed by atoms with E-state index in [-0.39, 0.29) is 11.6 Å². The maximum atomic E-state index is 11.2. The Kier molecular flexibility index (Phi) is 14.8. The van der Waals surface area contributed by atoms with Gasteiger partial charge in [-0.1, -0.05) is 104 Å². The number of hydrogen-bond acceptors (Lipinski definition) is 4. The zero-order valence-corrected chi connectivity index (χ0v) is 20.4. The van der Waals surface area contributed by atoms with Crippen molar-refractivity contribution in [2.45, 2.75) is 116 Å². The Morgan fingerprint density at radius 3 is 1.65 bits per heavy atom. The van der Waals surface area contributed by atoms with Crippen molar-refractivity contribution in [2.24, 2.45) is 0 Å². The number of hydrogen-bond donors (Lipinski definition) is 0. The molecule has 5 heteroatoms. The van der Waals surface area contributed by atoms with Crippen molar-refractivity contribution in [2.75, 3.05) is 14.2 Å². The standard InChI is InChI=1S/C26H45NO4/c1-5-6-7-8-9-10-11-12-13-14-15-16-17-18-19-22(2)23-20-26(31-4)24(27(28)29)21-25(23)30-3/h20-22H,5-19H2,1-4H3. The largest absolute Gasteiger partial charge is 0.496 e. The molecular formula is C26H45NO4. The minimum Gasteiger partial charge on any atom is -0.496 e. The number of nitrogens with zero attached hydrogens (tertiary/aromatic N) is 1. The number of nitro benzene ring substituents is 1. The minimum atomic E-state index is -0.427. The molecule has 0 amide bonds. The first-order valence-electron chi connectivity index (χ1n) is 12.4. The molecule has 0 bridgehead atoms. The van der Waals surface area contributed by atoms with Crippen LogP contribution in [-0.2, 0) is 0 Å². The molecule has 178 valence electrons. The maximum Gasteiger partial charge on any atom is 0.314 e. The molecule has 0 saturated heterocycles. The monoisotopic (exact) mass is 435 g/mol. The zero-order chi connectivity index (χ0) is 22.9. The van der Waals surface area contributed by atoms with Crippen LogP contribution in [0.1, 0.15) is 122 Å². The summed E-state index contributed by atoms with van der Waals surface area (Å²) in [6.45, 7) is 4.43. The van der Waals surface area contributed by atoms with Crippen molar-refractivity contribution in [1.82, 2.24) is 0 Å². The van der Waals surface area contributed by atoms with Crippen LogP contribution in [-0.4, -0.2) is 19.1 Å². The van der Waals surface area contributed by atoms with E-state index < -0.39 is 4.92 Å². The van der Waals surface area contributed by atoms with Crippen LogP contribution in [0, 0.1) is 10.1 Å². The third kappa shape index (κ3) is 10.9. The predicted molar refractivity (Wildman–Crippen MR) is 130 cm³/mol. The topological polar surface area (TPSA) is 61.6 Å². The lowest BCUT2D eigenvalue weighted by Crippen LogP contribution is -2.02. The normalized spacial score (nSPS) is 12.0. The summed E-state index contributed by atoms with van der Waals surface area (Å²) in [6, 6.07) is 3.25. The van der Waals surface area contributed by atoms with E-state index in [2.05, 4.69) is 13.8 Å². The molecule has 0 radical (unpaired) electrons. The molecule has 1 atom stereocenters. The highest BCUT2D eigenvalue weighted by Crippen LogP contribution is 2.39. The number of rotatable bonds is 19. The van der Waals surface area contributed by atoms with E-state index in [1.54, 1.807) is 13.2 Å². The summed E-state index contributed by atoms with van der Waals surface area (Å²) in [6.07, 6.45) is 20.0. The van der Waals surface area contributed by atoms with Crippen molar-refractivity contribution >= 4 is 5.69 Å². The summed E-state index contributed by atoms with van der Waals surface area (Å²) in [5.74, 6) is 1.15. The highest BCUT2D eigenvalue weighted by atomic mass is 16.6. The first kappa shape index (κ1) is 27.3. The van der Waals surface area contributed by atoms with Gasteiger partial charge in [0.2, 0.25) is 0 Å². The SMILES string of the molecule is CCCCCCCCCCCCCCCCC(C)c1cc(OC)c([N+](=O)[O-])cc1OC. The van der Waals surface area contributed by atoms with Crippen molar-refractivity contribution < 1.29 is 14.4 Å². The molecule has 1 aromatic carbocycles. The molecule has 1 aromatic rings. The predicted octanol–water partition coefficient (Wildman–Crippen LogP) is 8.59. The molecule has 0 spiro atoms. The Morgan fingerprint density at radius 2 is 1.23 bits per heavy atom. The lowest BCUT2D eigenvalue weighted by atomic mass is 9.93. The smallest absolute Gasteiger partial charge is 0.314 e. The maximum absolute atomic E-state index is 11.2. The lowest BCUT2D eigenvalue weighted by molar-refractivity contribution is -0.385. The summed E-state index contributed by atoms with van der Waals surface area (Å²) in [4.78, 5) is 10.8. The van der Waals surface area contributed by atoms with E-state index >= 15 is 0 Å². The van der Waals surface area contributed by atoms with Crippen molar-refractivity contribution in [3.63, 3.8) is 0 Å². The van der Waals surface area contributed by atoms with Gasteiger partial charge >= 0.3 is 5.69 Å². The Bertz CT molecular complexity index is 618. The summed E-state index contributed by atoms with van der Waals surface area (Å²) in [5.41, 5.74) is 0.937. The second kappa shape index (κ2) is 16.9. The Morgan fingerprint density at radius 1 is 0.774 bits per heavy atom. The molecule has 0 aromatic heterocycles. The molecule has 0 fully saturated rings. The van der Waals surface area contributed by atoms with Gasteiger partial charge in [-0.25, -0.2) is 0 Å². The third-order valence-corrected chi connectivity index (χ3v) is 6.25. The van der Waals surface area contributed by atoms with Gasteiger partial charge in [-0.3, -0.25) is 10.1 Å². The molecule has 1 unspecified atom stereocenters. The van der Waals surface area contributed by atoms with Crippen LogP contribution in [0.5, 0.6) is 11.5 Å². The first-order valence-corrected chi connectivity index (χ1v) is 12.4. The fourth-order valence-electron chi connectivity index (χ4n) is 4.23. The van der Waals surface area contributed by atoms with Crippen molar-refractivity contribution in [1.29, 1.82) is 0 Å². The third-order valence-electron chi connectivity index (χ3n) is 6.25. The summed E-state index contributed by atoms with van der Waals surface area (Å²) in [7, 11) is 3.03. The van der Waals surface area contributed by atoms with Gasteiger partial charge in [0.05, 0.1) is 25.2 Å². The molecule has 31 heavy (non-hydrogen) atoms. The minimum absolute atomic E-state index is 0.0493. The number of nitro groups is 1. The van der Waals surface area contributed by atoms with Gasteiger partial charge in [-0.15, -0.1) is 0 Å². The van der Waals surface area contributed by atoms with Gasteiger partial charge in [-0.05, 0) is 18.4 Å². The fraction of sp³-hybridized carbons (Fsp3) is 0.769. The summed E-state index contributed by atoms with van der Waals surface area (Å²) >= 11 is 0. The Labute approximate surface area is 190 Å². The van der Waals surface area contributed by atoms with Gasteiger partial charge in [0.15, 0.2) is 5.75 Å². The second-order valence-corrected chi connectivity index (χ2v) is 8.81. The van der Waals surface area contributed by atoms with Gasteiger partial charge in [-0.2, -0.15) is 0 Å². The molecule has 0 aliphatic rings. The van der Waals surface area contributed by atoms with Crippen LogP contribution in [0.4, 0.5) is 5.69 Å². The highest BCUT2D eigenvalue weighted by molar-refractivity contribution is 5.56. The van der Waals surface area contributed by atoms with Crippen LogP contribution in [0.3, 0.4) is 0 Å². The summed E-state index contributed by atoms with van der Waals surface area (Å²) in [5, 5.41) is 11.2. The number of methoxy groups -OCH3 is 2. The molecule has 0 aliphatic heterocycles. The molecule has 0 N–H and O–H groups in total. The number of ether oxygens (including phenoxy) is 2. The van der Waals surface area contributed by atoms with E-state index in [0.29, 0.717) is 11.5 Å². The van der Waals surface area contributed by atoms with Crippen LogP contribution in [0.15, 0.2) is 12.1 Å². The van der Waals surface area contributed by atoms with Gasteiger partial charge in [0.25, 0.3) is 0 Å². The van der Waals surface area contributed by atoms with Gasteiger partial charge < -0.3 is 9.47 Å². The van der Waals surface area contributed by atoms with Crippen LogP contribution < -0.4 is 9.47 Å². The van der Waals surface area contributed by atoms with Gasteiger partial charge in [0, 0.05) is 5.56 Å². The average Bonchev–Trinajstić information content (AvgIpc) is 2.78. The number of unbranched alkanes of at least 4 members (excludes halogenated alkanes) is 13. The lowest BCUT2D eigenvalue weighted by Gasteiger charge is -2.17. The molecular weight excluding hydrogens is 390 g/mol. The molecule has 0 saturated carbocycles. The molecule has 1 rings (SSSR count). The molecule has 0 heterocycles. The Balaban J connectivity index is 2.19. The second-order valence-electron chi connectivity index (χ2n) is 8.81. The van der Waals surface area contributed by atoms with Crippen molar-refractivity contribution in [3.05, 3.63) is 27.8 Å². The van der Waals surface area contributed by atoms with E-state index in [4.69, 9.17) is 9.47 Å². The van der Waals surface area contributed by atoms with Gasteiger partial charge in [0.1, 0.15) is 5.75 Å². The summed E-state index contributed by atoms with van der Waals surface area (Å²) < 4.78 is 10.6. The highest BCUT2D eigenvalue weighted by Gasteiger charge is 2.22. The van der Waals surface area contributed by atoms with Crippen LogP contribution in [0.25, 0.3) is 0 Å². The van der Waals surface area contributed by atoms with E-state index in [0.717, 1.165) is 12.0 Å². The fourth-order valence-corrected chi connectivity index (χ4v) is 4.23. The first-order chi connectivity index (χ1) is 15.0. The van der Waals surface area contributed by atoms with Crippen LogP contribution >= 0.6 is 0 Å². The quantitative estimate of drug-likeness (QED) is 0.124. The Hall–Kier alpha value is -1.78.